The minimum Gasteiger partial charge on any atom is -0.455 e. The molecular weight excluding hydrogens is 789 g/mol. The third kappa shape index (κ3) is 5.73. The van der Waals surface area contributed by atoms with Gasteiger partial charge in [0.05, 0.1) is 24.9 Å². The van der Waals surface area contributed by atoms with Crippen molar-refractivity contribution in [2.24, 2.45) is 0 Å². The molecule has 0 saturated heterocycles. The quantitative estimate of drug-likeness (QED) is 0.168. The molecule has 0 aliphatic carbocycles. The maximum absolute atomic E-state index is 9.27. The molecule has 0 atom stereocenters. The summed E-state index contributed by atoms with van der Waals surface area (Å²) in [4.78, 5) is 15.2. The maximum atomic E-state index is 9.27. The molecule has 9 aromatic carbocycles. The normalized spacial score (nSPS) is 13.1. The van der Waals surface area contributed by atoms with Gasteiger partial charge in [0.25, 0.3) is 0 Å². The fourth-order valence-corrected chi connectivity index (χ4v) is 10.1. The summed E-state index contributed by atoms with van der Waals surface area (Å²) in [5.41, 5.74) is 8.54. The van der Waals surface area contributed by atoms with Gasteiger partial charge in [0.2, 0.25) is 0 Å². The van der Waals surface area contributed by atoms with E-state index in [0.717, 1.165) is 75.5 Å². The molecule has 13 rings (SSSR count). The fourth-order valence-electron chi connectivity index (χ4n) is 8.96. The van der Waals surface area contributed by atoms with Gasteiger partial charge in [0.15, 0.2) is 17.5 Å². The number of fused-ring (bicyclic) bond motifs is 9. The minimum atomic E-state index is -0.168. The Morgan fingerprint density at radius 3 is 1.79 bits per heavy atom. The summed E-state index contributed by atoms with van der Waals surface area (Å²) in [6.07, 6.45) is 0. The van der Waals surface area contributed by atoms with Gasteiger partial charge in [0.1, 0.15) is 11.2 Å². The molecule has 4 heterocycles. The number of benzene rings is 9. The molecule has 294 valence electrons. The van der Waals surface area contributed by atoms with E-state index < -0.39 is 0 Å². The van der Waals surface area contributed by atoms with Gasteiger partial charge in [0, 0.05) is 69.5 Å². The number of thiophene rings is 1. The number of rotatable bonds is 6. The van der Waals surface area contributed by atoms with Crippen molar-refractivity contribution in [2.45, 2.75) is 0 Å². The average molecular weight is 829 g/mol. The molecule has 0 saturated carbocycles. The molecule has 0 unspecified atom stereocenters. The predicted molar refractivity (Wildman–Crippen MR) is 262 cm³/mol. The highest BCUT2D eigenvalue weighted by Gasteiger charge is 2.21. The Hall–Kier alpha value is -8.19. The zero-order chi connectivity index (χ0) is 46.7. The van der Waals surface area contributed by atoms with E-state index in [2.05, 4.69) is 36.4 Å². The largest absolute Gasteiger partial charge is 0.455 e. The van der Waals surface area contributed by atoms with E-state index in [-0.39, 0.29) is 58.1 Å². The van der Waals surface area contributed by atoms with Gasteiger partial charge in [-0.15, -0.1) is 11.3 Å². The van der Waals surface area contributed by atoms with Gasteiger partial charge in [-0.25, -0.2) is 15.0 Å². The van der Waals surface area contributed by atoms with E-state index in [1.54, 1.807) is 15.9 Å². The number of nitrogens with zero attached hydrogens (tertiary/aromatic N) is 4. The molecule has 6 heteroatoms. The highest BCUT2D eigenvalue weighted by atomic mass is 32.1. The molecule has 0 bridgehead atoms. The van der Waals surface area contributed by atoms with Crippen molar-refractivity contribution < 1.29 is 12.6 Å². The van der Waals surface area contributed by atoms with Crippen LogP contribution < -0.4 is 0 Å². The molecule has 63 heavy (non-hydrogen) atoms. The van der Waals surface area contributed by atoms with Gasteiger partial charge in [-0.1, -0.05) is 158 Å². The van der Waals surface area contributed by atoms with Gasteiger partial charge in [-0.3, -0.25) is 0 Å². The average Bonchev–Trinajstić information content (AvgIpc) is 4.08. The lowest BCUT2D eigenvalue weighted by Gasteiger charge is -2.16. The summed E-state index contributed by atoms with van der Waals surface area (Å²) in [5.74, 6) is 1.74. The molecule has 0 aliphatic heterocycles. The van der Waals surface area contributed by atoms with Crippen molar-refractivity contribution in [3.63, 3.8) is 0 Å². The van der Waals surface area contributed by atoms with Crippen LogP contribution in [0.15, 0.2) is 211 Å². The number of hydrogen-bond acceptors (Lipinski definition) is 5. The predicted octanol–water partition coefficient (Wildman–Crippen LogP) is 15.6. The van der Waals surface area contributed by atoms with Crippen molar-refractivity contribution >= 4 is 75.3 Å². The Bertz CT molecular complexity index is 4150. The van der Waals surface area contributed by atoms with Crippen LogP contribution in [0.25, 0.3) is 126 Å². The first-order valence-electron chi connectivity index (χ1n) is 23.6. The van der Waals surface area contributed by atoms with Gasteiger partial charge in [-0.05, 0) is 59.6 Å². The SMILES string of the molecule is [2H]c1cc([2H])c2c(c1[2H])c1c([2H])c([2H])cc([2H])c1n2-c1ccc(-c2ccc3sc4cccc(-c5nc(-c6ccccc6)nc(-c6ccccc6)n5)c4c3c2)cc1-c1cccc2c1oc1ccccc12. The van der Waals surface area contributed by atoms with Gasteiger partial charge >= 0.3 is 0 Å². The summed E-state index contributed by atoms with van der Waals surface area (Å²) in [5, 5.41) is 4.35. The molecule has 0 spiro atoms. The molecule has 5 nitrogen and oxygen atoms in total. The molecule has 0 fully saturated rings. The summed E-state index contributed by atoms with van der Waals surface area (Å²) >= 11 is 1.71. The van der Waals surface area contributed by atoms with Crippen LogP contribution in [-0.2, 0) is 0 Å². The van der Waals surface area contributed by atoms with Crippen molar-refractivity contribution in [3.8, 4) is 62.1 Å². The summed E-state index contributed by atoms with van der Waals surface area (Å²) in [6.45, 7) is 0. The van der Waals surface area contributed by atoms with Crippen LogP contribution >= 0.6 is 11.3 Å². The zero-order valence-electron chi connectivity index (χ0n) is 39.3. The molecule has 0 aliphatic rings. The third-order valence-electron chi connectivity index (χ3n) is 11.8. The maximum Gasteiger partial charge on any atom is 0.164 e. The second kappa shape index (κ2) is 14.2. The van der Waals surface area contributed by atoms with Crippen LogP contribution in [0.3, 0.4) is 0 Å². The highest BCUT2D eigenvalue weighted by Crippen LogP contribution is 2.45. The molecule has 13 aromatic rings. The van der Waals surface area contributed by atoms with Crippen LogP contribution in [0.1, 0.15) is 8.22 Å². The minimum absolute atomic E-state index is 0.0277. The van der Waals surface area contributed by atoms with E-state index >= 15 is 0 Å². The van der Waals surface area contributed by atoms with E-state index in [1.807, 2.05) is 121 Å². The number of aromatic nitrogens is 4. The van der Waals surface area contributed by atoms with Crippen molar-refractivity contribution in [1.29, 1.82) is 0 Å². The molecule has 0 radical (unpaired) electrons. The van der Waals surface area contributed by atoms with E-state index in [1.165, 1.54) is 12.1 Å². The molecule has 0 amide bonds. The summed E-state index contributed by atoms with van der Waals surface area (Å²) in [6, 6.07) is 54.6. The smallest absolute Gasteiger partial charge is 0.164 e. The van der Waals surface area contributed by atoms with Crippen LogP contribution in [0.2, 0.25) is 0 Å². The lowest BCUT2D eigenvalue weighted by Crippen LogP contribution is -2.00. The Balaban J connectivity index is 1.07. The second-order valence-corrected chi connectivity index (χ2v) is 16.5. The Morgan fingerprint density at radius 1 is 0.429 bits per heavy atom. The number of para-hydroxylation sites is 4. The summed E-state index contributed by atoms with van der Waals surface area (Å²) < 4.78 is 64.5. The van der Waals surface area contributed by atoms with Crippen LogP contribution in [-0.4, -0.2) is 19.5 Å². The van der Waals surface area contributed by atoms with Crippen molar-refractivity contribution in [2.75, 3.05) is 0 Å². The third-order valence-corrected chi connectivity index (χ3v) is 13.0. The lowest BCUT2D eigenvalue weighted by atomic mass is 9.94. The van der Waals surface area contributed by atoms with Gasteiger partial charge < -0.3 is 8.98 Å². The number of furan rings is 1. The first-order valence-corrected chi connectivity index (χ1v) is 21.4. The van der Waals surface area contributed by atoms with Crippen LogP contribution in [0.5, 0.6) is 0 Å². The topological polar surface area (TPSA) is 56.7 Å². The highest BCUT2D eigenvalue weighted by molar-refractivity contribution is 7.26. The van der Waals surface area contributed by atoms with Gasteiger partial charge in [-0.2, -0.15) is 0 Å². The van der Waals surface area contributed by atoms with Crippen molar-refractivity contribution in [1.82, 2.24) is 19.5 Å². The molecular formula is C57H34N4OS. The first-order chi connectivity index (χ1) is 33.7. The van der Waals surface area contributed by atoms with Crippen molar-refractivity contribution in [3.05, 3.63) is 206 Å². The standard InChI is InChI=1S/C57H34N4OS/c1-3-15-35(16-4-1)55-58-56(36-17-5-2-6-18-36)60-57(59-55)44-24-14-28-52-53(44)46-34-38(30-32-51(46)63-52)37-29-31-49(61-47-25-10-7-19-39(47)40-20-8-11-26-48(40)61)45(33-37)43-23-13-22-42-41-21-9-12-27-50(41)62-54(42)43/h1-34H/i7D,8D,19D,20D,25D,26D. The number of hydrogen-bond donors (Lipinski definition) is 0. The zero-order valence-corrected chi connectivity index (χ0v) is 34.1. The molecule has 4 aromatic heterocycles. The van der Waals surface area contributed by atoms with Crippen LogP contribution in [0, 0.1) is 0 Å². The van der Waals surface area contributed by atoms with E-state index in [9.17, 15) is 2.74 Å². The van der Waals surface area contributed by atoms with E-state index in [4.69, 9.17) is 24.9 Å². The van der Waals surface area contributed by atoms with E-state index in [0.29, 0.717) is 28.7 Å². The first kappa shape index (κ1) is 29.9. The Labute approximate surface area is 374 Å². The summed E-state index contributed by atoms with van der Waals surface area (Å²) in [7, 11) is 0. The monoisotopic (exact) mass is 828 g/mol. The Kier molecular flexibility index (Phi) is 6.75. The fraction of sp³-hybridized carbons (Fsp3) is 0. The second-order valence-electron chi connectivity index (χ2n) is 15.4. The molecule has 0 N–H and O–H groups in total. The lowest BCUT2D eigenvalue weighted by molar-refractivity contribution is 0.670. The Morgan fingerprint density at radius 2 is 1.05 bits per heavy atom. The van der Waals surface area contributed by atoms with Crippen LogP contribution in [0.4, 0.5) is 0 Å².